The average molecular weight is 262 g/mol. The minimum atomic E-state index is -0.449. The van der Waals surface area contributed by atoms with E-state index in [9.17, 15) is 9.59 Å². The summed E-state index contributed by atoms with van der Waals surface area (Å²) < 4.78 is 0. The lowest BCUT2D eigenvalue weighted by molar-refractivity contribution is -0.122. The predicted octanol–water partition coefficient (Wildman–Crippen LogP) is -0.690. The van der Waals surface area contributed by atoms with Crippen molar-refractivity contribution in [2.75, 3.05) is 31.6 Å². The number of carbonyl (C=O) groups excluding carboxylic acids is 2. The maximum absolute atomic E-state index is 11.9. The lowest BCUT2D eigenvalue weighted by Crippen LogP contribution is -2.57. The van der Waals surface area contributed by atoms with Gasteiger partial charge in [-0.25, -0.2) is 0 Å². The summed E-state index contributed by atoms with van der Waals surface area (Å²) in [6.45, 7) is 2.18. The monoisotopic (exact) mass is 262 g/mol. The van der Waals surface area contributed by atoms with Crippen molar-refractivity contribution in [2.24, 2.45) is 5.73 Å². The van der Waals surface area contributed by atoms with E-state index < -0.39 is 5.91 Å². The van der Waals surface area contributed by atoms with Gasteiger partial charge in [-0.2, -0.15) is 0 Å². The molecule has 0 spiro atoms. The lowest BCUT2D eigenvalue weighted by Gasteiger charge is -2.36. The quantitative estimate of drug-likeness (QED) is 0.673. The molecule has 6 nitrogen and oxygen atoms in total. The number of hydrogen-bond acceptors (Lipinski definition) is 4. The highest BCUT2D eigenvalue weighted by molar-refractivity contribution is 5.93. The van der Waals surface area contributed by atoms with E-state index in [0.717, 1.165) is 18.8 Å². The Hall–Kier alpha value is -2.08. The van der Waals surface area contributed by atoms with Crippen molar-refractivity contribution in [1.29, 1.82) is 0 Å². The molecule has 2 rings (SSSR count). The summed E-state index contributed by atoms with van der Waals surface area (Å²) in [6.07, 6.45) is 0. The molecule has 1 unspecified atom stereocenters. The Kier molecular flexibility index (Phi) is 4.01. The Morgan fingerprint density at radius 3 is 2.63 bits per heavy atom. The van der Waals surface area contributed by atoms with Gasteiger partial charge in [-0.15, -0.1) is 0 Å². The third kappa shape index (κ3) is 2.85. The normalized spacial score (nSPS) is 19.0. The van der Waals surface area contributed by atoms with Gasteiger partial charge in [-0.05, 0) is 24.3 Å². The van der Waals surface area contributed by atoms with Crippen LogP contribution in [0.4, 0.5) is 5.69 Å². The van der Waals surface area contributed by atoms with Crippen LogP contribution in [0.2, 0.25) is 0 Å². The van der Waals surface area contributed by atoms with Crippen molar-refractivity contribution in [3.63, 3.8) is 0 Å². The van der Waals surface area contributed by atoms with Gasteiger partial charge >= 0.3 is 0 Å². The molecule has 1 heterocycles. The first-order valence-corrected chi connectivity index (χ1v) is 6.22. The molecule has 2 amide bonds. The fourth-order valence-corrected chi connectivity index (χ4v) is 2.23. The van der Waals surface area contributed by atoms with Crippen molar-refractivity contribution in [3.05, 3.63) is 29.8 Å². The summed E-state index contributed by atoms with van der Waals surface area (Å²) in [5, 5.41) is 5.87. The molecule has 6 heteroatoms. The molecule has 1 aromatic carbocycles. The summed E-state index contributed by atoms with van der Waals surface area (Å²) in [4.78, 5) is 24.9. The summed E-state index contributed by atoms with van der Waals surface area (Å²) >= 11 is 0. The van der Waals surface area contributed by atoms with E-state index in [4.69, 9.17) is 5.73 Å². The van der Waals surface area contributed by atoms with Crippen LogP contribution >= 0.6 is 0 Å². The first-order chi connectivity index (χ1) is 9.13. The lowest BCUT2D eigenvalue weighted by atomic mass is 10.1. The Bertz CT molecular complexity index is 472. The maximum atomic E-state index is 11.9. The Morgan fingerprint density at radius 1 is 1.37 bits per heavy atom. The number of rotatable bonds is 3. The molecular weight excluding hydrogens is 244 g/mol. The smallest absolute Gasteiger partial charge is 0.248 e. The van der Waals surface area contributed by atoms with Gasteiger partial charge in [0, 0.05) is 37.9 Å². The average Bonchev–Trinajstić information content (AvgIpc) is 2.46. The van der Waals surface area contributed by atoms with E-state index in [-0.39, 0.29) is 11.9 Å². The zero-order valence-corrected chi connectivity index (χ0v) is 10.8. The van der Waals surface area contributed by atoms with Crippen LogP contribution in [0.15, 0.2) is 24.3 Å². The summed E-state index contributed by atoms with van der Waals surface area (Å²) in [5.74, 6) is -0.471. The van der Waals surface area contributed by atoms with E-state index in [1.54, 1.807) is 19.2 Å². The number of carbonyl (C=O) groups is 2. The summed E-state index contributed by atoms with van der Waals surface area (Å²) in [7, 11) is 1.63. The van der Waals surface area contributed by atoms with Gasteiger partial charge in [-0.3, -0.25) is 9.59 Å². The van der Waals surface area contributed by atoms with Gasteiger partial charge in [0.2, 0.25) is 11.8 Å². The zero-order chi connectivity index (χ0) is 13.8. The zero-order valence-electron chi connectivity index (χ0n) is 10.8. The number of primary amides is 1. The van der Waals surface area contributed by atoms with E-state index in [2.05, 4.69) is 10.6 Å². The first kappa shape index (κ1) is 13.4. The number of nitrogens with two attached hydrogens (primary N) is 1. The topological polar surface area (TPSA) is 87.5 Å². The summed E-state index contributed by atoms with van der Waals surface area (Å²) in [6, 6.07) is 6.77. The molecule has 1 atom stereocenters. The number of benzene rings is 1. The molecular formula is C13H18N4O2. The molecule has 1 saturated heterocycles. The Labute approximate surface area is 112 Å². The fraction of sp³-hybridized carbons (Fsp3) is 0.385. The predicted molar refractivity (Wildman–Crippen MR) is 73.0 cm³/mol. The molecule has 4 N–H and O–H groups in total. The van der Waals surface area contributed by atoms with Crippen molar-refractivity contribution < 1.29 is 9.59 Å². The third-order valence-corrected chi connectivity index (χ3v) is 3.28. The molecule has 0 radical (unpaired) electrons. The number of likely N-dealkylation sites (N-methyl/N-ethyl adjacent to an activating group) is 1. The number of nitrogens with one attached hydrogen (secondary N) is 2. The standard InChI is InChI=1S/C13H18N4O2/c1-15-13(19)11-8-16-6-7-17(11)10-4-2-9(3-5-10)12(14)18/h2-5,11,16H,6-8H2,1H3,(H2,14,18)(H,15,19). The molecule has 1 aliphatic rings. The largest absolute Gasteiger partial charge is 0.366 e. The van der Waals surface area contributed by atoms with Crippen LogP contribution in [0.3, 0.4) is 0 Å². The van der Waals surface area contributed by atoms with Crippen LogP contribution in [0.25, 0.3) is 0 Å². The summed E-state index contributed by atoms with van der Waals surface area (Å²) in [5.41, 5.74) is 6.60. The minimum absolute atomic E-state index is 0.0221. The SMILES string of the molecule is CNC(=O)C1CNCCN1c1ccc(C(N)=O)cc1. The van der Waals surface area contributed by atoms with Gasteiger partial charge in [0.05, 0.1) is 0 Å². The van der Waals surface area contributed by atoms with Crippen molar-refractivity contribution in [3.8, 4) is 0 Å². The fourth-order valence-electron chi connectivity index (χ4n) is 2.23. The molecule has 1 aromatic rings. The van der Waals surface area contributed by atoms with Crippen LogP contribution in [0.5, 0.6) is 0 Å². The highest BCUT2D eigenvalue weighted by Crippen LogP contribution is 2.19. The second-order valence-corrected chi connectivity index (χ2v) is 4.44. The third-order valence-electron chi connectivity index (χ3n) is 3.28. The number of amides is 2. The molecule has 19 heavy (non-hydrogen) atoms. The molecule has 102 valence electrons. The second-order valence-electron chi connectivity index (χ2n) is 4.44. The van der Waals surface area contributed by atoms with Gasteiger partial charge in [0.1, 0.15) is 6.04 Å². The molecule has 0 aliphatic carbocycles. The molecule has 1 fully saturated rings. The van der Waals surface area contributed by atoms with E-state index in [0.29, 0.717) is 12.1 Å². The van der Waals surface area contributed by atoms with Gasteiger partial charge in [0.25, 0.3) is 0 Å². The number of anilines is 1. The van der Waals surface area contributed by atoms with Gasteiger partial charge in [0.15, 0.2) is 0 Å². The van der Waals surface area contributed by atoms with E-state index in [1.165, 1.54) is 0 Å². The minimum Gasteiger partial charge on any atom is -0.366 e. The van der Waals surface area contributed by atoms with Crippen LogP contribution < -0.4 is 21.3 Å². The van der Waals surface area contributed by atoms with Gasteiger partial charge < -0.3 is 21.3 Å². The highest BCUT2D eigenvalue weighted by Gasteiger charge is 2.27. The first-order valence-electron chi connectivity index (χ1n) is 6.22. The van der Waals surface area contributed by atoms with E-state index >= 15 is 0 Å². The highest BCUT2D eigenvalue weighted by atomic mass is 16.2. The maximum Gasteiger partial charge on any atom is 0.248 e. The molecule has 1 aliphatic heterocycles. The van der Waals surface area contributed by atoms with Crippen molar-refractivity contribution >= 4 is 17.5 Å². The number of piperazine rings is 1. The Balaban J connectivity index is 2.22. The van der Waals surface area contributed by atoms with E-state index in [1.807, 2.05) is 17.0 Å². The van der Waals surface area contributed by atoms with Crippen LogP contribution in [-0.2, 0) is 4.79 Å². The van der Waals surface area contributed by atoms with Crippen LogP contribution in [0.1, 0.15) is 10.4 Å². The second kappa shape index (κ2) is 5.71. The van der Waals surface area contributed by atoms with Crippen molar-refractivity contribution in [1.82, 2.24) is 10.6 Å². The molecule has 0 saturated carbocycles. The molecule has 0 bridgehead atoms. The Morgan fingerprint density at radius 2 is 2.05 bits per heavy atom. The molecule has 0 aromatic heterocycles. The number of hydrogen-bond donors (Lipinski definition) is 3. The van der Waals surface area contributed by atoms with Gasteiger partial charge in [-0.1, -0.05) is 0 Å². The van der Waals surface area contributed by atoms with Crippen molar-refractivity contribution in [2.45, 2.75) is 6.04 Å². The van der Waals surface area contributed by atoms with Crippen LogP contribution in [0, 0.1) is 0 Å². The van der Waals surface area contributed by atoms with Crippen LogP contribution in [-0.4, -0.2) is 44.5 Å². The number of nitrogens with zero attached hydrogens (tertiary/aromatic N) is 1.